The first-order valence-corrected chi connectivity index (χ1v) is 7.35. The first kappa shape index (κ1) is 16.4. The number of alkyl halides is 3. The molecular formula is C17H12ClF3N2O. The monoisotopic (exact) mass is 352 g/mol. The van der Waals surface area contributed by atoms with E-state index < -0.39 is 11.7 Å². The number of aliphatic imine (C=N–C) groups is 1. The summed E-state index contributed by atoms with van der Waals surface area (Å²) in [6, 6.07) is 8.82. The van der Waals surface area contributed by atoms with Crippen molar-refractivity contribution in [1.29, 1.82) is 0 Å². The van der Waals surface area contributed by atoms with Gasteiger partial charge in [0.2, 0.25) is 0 Å². The molecule has 1 heterocycles. The van der Waals surface area contributed by atoms with Crippen molar-refractivity contribution in [2.24, 2.45) is 4.99 Å². The summed E-state index contributed by atoms with van der Waals surface area (Å²) in [5, 5.41) is 10.6. The van der Waals surface area contributed by atoms with Crippen molar-refractivity contribution in [3.05, 3.63) is 58.1 Å². The van der Waals surface area contributed by atoms with E-state index in [1.807, 2.05) is 19.1 Å². The van der Waals surface area contributed by atoms with E-state index in [0.717, 1.165) is 11.6 Å². The highest BCUT2D eigenvalue weighted by molar-refractivity contribution is 6.30. The molecule has 2 aromatic carbocycles. The molecule has 3 aromatic rings. The molecule has 0 fully saturated rings. The van der Waals surface area contributed by atoms with Crippen molar-refractivity contribution < 1.29 is 18.3 Å². The first-order chi connectivity index (χ1) is 11.3. The van der Waals surface area contributed by atoms with Gasteiger partial charge in [-0.25, -0.2) is 0 Å². The number of hydrogen-bond donors (Lipinski definition) is 2. The van der Waals surface area contributed by atoms with Crippen LogP contribution < -0.4 is 0 Å². The van der Waals surface area contributed by atoms with Crippen LogP contribution in [-0.4, -0.2) is 16.3 Å². The molecule has 0 aliphatic heterocycles. The van der Waals surface area contributed by atoms with Gasteiger partial charge in [0, 0.05) is 22.1 Å². The highest BCUT2D eigenvalue weighted by Crippen LogP contribution is 2.38. The summed E-state index contributed by atoms with van der Waals surface area (Å²) >= 11 is 5.65. The van der Waals surface area contributed by atoms with Crippen LogP contribution in [0.5, 0.6) is 5.88 Å². The molecule has 0 bridgehead atoms. The second-order valence-corrected chi connectivity index (χ2v) is 5.79. The van der Waals surface area contributed by atoms with Gasteiger partial charge in [0.25, 0.3) is 0 Å². The number of aromatic nitrogens is 1. The predicted octanol–water partition coefficient (Wildman–Crippen LogP) is 5.60. The molecule has 0 spiro atoms. The van der Waals surface area contributed by atoms with Gasteiger partial charge in [-0.1, -0.05) is 23.2 Å². The maximum Gasteiger partial charge on any atom is 0.418 e. The predicted molar refractivity (Wildman–Crippen MR) is 88.4 cm³/mol. The van der Waals surface area contributed by atoms with Gasteiger partial charge in [0.1, 0.15) is 0 Å². The molecule has 7 heteroatoms. The average Bonchev–Trinajstić information content (AvgIpc) is 2.80. The number of benzene rings is 2. The third-order valence-electron chi connectivity index (χ3n) is 3.57. The van der Waals surface area contributed by atoms with Gasteiger partial charge in [-0.2, -0.15) is 13.2 Å². The second kappa shape index (κ2) is 5.87. The Morgan fingerprint density at radius 1 is 1.17 bits per heavy atom. The Bertz CT molecular complexity index is 945. The maximum absolute atomic E-state index is 13.1. The van der Waals surface area contributed by atoms with Crippen LogP contribution in [-0.2, 0) is 6.18 Å². The van der Waals surface area contributed by atoms with Crippen molar-refractivity contribution in [2.75, 3.05) is 0 Å². The van der Waals surface area contributed by atoms with Crippen LogP contribution in [0.2, 0.25) is 5.02 Å². The molecule has 124 valence electrons. The molecule has 0 aliphatic rings. The summed E-state index contributed by atoms with van der Waals surface area (Å²) in [7, 11) is 0. The quantitative estimate of drug-likeness (QED) is 0.579. The smallest absolute Gasteiger partial charge is 0.418 e. The number of hydrogen-bond acceptors (Lipinski definition) is 2. The van der Waals surface area contributed by atoms with Crippen LogP contribution in [0.15, 0.2) is 41.4 Å². The summed E-state index contributed by atoms with van der Waals surface area (Å²) < 4.78 is 39.3. The van der Waals surface area contributed by atoms with Gasteiger partial charge in [-0.3, -0.25) is 4.99 Å². The molecule has 2 N–H and O–H groups in total. The molecule has 0 radical (unpaired) electrons. The fraction of sp³-hybridized carbons (Fsp3) is 0.118. The second-order valence-electron chi connectivity index (χ2n) is 5.35. The van der Waals surface area contributed by atoms with E-state index in [1.165, 1.54) is 18.3 Å². The Morgan fingerprint density at radius 2 is 1.92 bits per heavy atom. The zero-order valence-corrected chi connectivity index (χ0v) is 13.2. The Hall–Kier alpha value is -2.47. The fourth-order valence-electron chi connectivity index (χ4n) is 2.43. The molecule has 0 amide bonds. The van der Waals surface area contributed by atoms with E-state index in [9.17, 15) is 18.3 Å². The molecule has 0 saturated heterocycles. The normalized spacial score (nSPS) is 12.4. The standard InChI is InChI=1S/C17H12ClF3N2O/c1-9-2-4-14-11(6-9)12(16(24)23-14)8-22-15-5-3-10(18)7-13(15)17(19,20)21/h2-8,23-24H,1H3. The molecule has 3 rings (SSSR count). The molecule has 0 atom stereocenters. The van der Waals surface area contributed by atoms with Crippen molar-refractivity contribution in [3.63, 3.8) is 0 Å². The summed E-state index contributed by atoms with van der Waals surface area (Å²) in [5.41, 5.74) is 0.761. The minimum atomic E-state index is -4.57. The van der Waals surface area contributed by atoms with Gasteiger partial charge in [-0.15, -0.1) is 0 Å². The van der Waals surface area contributed by atoms with Gasteiger partial charge in [0.05, 0.1) is 16.8 Å². The van der Waals surface area contributed by atoms with Crippen molar-refractivity contribution in [3.8, 4) is 5.88 Å². The van der Waals surface area contributed by atoms with Crippen LogP contribution in [0.1, 0.15) is 16.7 Å². The van der Waals surface area contributed by atoms with Crippen LogP contribution >= 0.6 is 11.6 Å². The molecule has 1 aromatic heterocycles. The van der Waals surface area contributed by atoms with Crippen LogP contribution in [0.25, 0.3) is 10.9 Å². The summed E-state index contributed by atoms with van der Waals surface area (Å²) in [5.74, 6) is -0.151. The van der Waals surface area contributed by atoms with Crippen LogP contribution in [0.3, 0.4) is 0 Å². The van der Waals surface area contributed by atoms with E-state index in [0.29, 0.717) is 16.5 Å². The number of halogens is 4. The lowest BCUT2D eigenvalue weighted by Gasteiger charge is -2.09. The summed E-state index contributed by atoms with van der Waals surface area (Å²) in [6.07, 6.45) is -3.36. The molecule has 0 unspecified atom stereocenters. The lowest BCUT2D eigenvalue weighted by atomic mass is 10.1. The zero-order chi connectivity index (χ0) is 17.5. The first-order valence-electron chi connectivity index (χ1n) is 6.98. The maximum atomic E-state index is 13.1. The lowest BCUT2D eigenvalue weighted by molar-refractivity contribution is -0.137. The Balaban J connectivity index is 2.10. The molecular weight excluding hydrogens is 341 g/mol. The Kier molecular flexibility index (Phi) is 4.01. The zero-order valence-electron chi connectivity index (χ0n) is 12.4. The highest BCUT2D eigenvalue weighted by Gasteiger charge is 2.33. The van der Waals surface area contributed by atoms with Gasteiger partial charge in [-0.05, 0) is 37.3 Å². The molecule has 0 saturated carbocycles. The molecule has 0 aliphatic carbocycles. The van der Waals surface area contributed by atoms with Crippen molar-refractivity contribution in [1.82, 2.24) is 4.98 Å². The van der Waals surface area contributed by atoms with Crippen molar-refractivity contribution >= 4 is 34.4 Å². The number of nitrogens with one attached hydrogen (secondary N) is 1. The number of H-pyrrole nitrogens is 1. The van der Waals surface area contributed by atoms with E-state index in [1.54, 1.807) is 6.07 Å². The average molecular weight is 353 g/mol. The largest absolute Gasteiger partial charge is 0.494 e. The minimum Gasteiger partial charge on any atom is -0.494 e. The van der Waals surface area contributed by atoms with Gasteiger partial charge in [0.15, 0.2) is 5.88 Å². The van der Waals surface area contributed by atoms with Gasteiger partial charge < -0.3 is 10.1 Å². The molecule has 24 heavy (non-hydrogen) atoms. The Labute approximate surface area is 140 Å². The topological polar surface area (TPSA) is 48.4 Å². The minimum absolute atomic E-state index is 0.0214. The van der Waals surface area contributed by atoms with E-state index in [4.69, 9.17) is 11.6 Å². The number of aromatic amines is 1. The number of aryl methyl sites for hydroxylation is 1. The van der Waals surface area contributed by atoms with E-state index in [2.05, 4.69) is 9.98 Å². The number of nitrogens with zero attached hydrogens (tertiary/aromatic N) is 1. The summed E-state index contributed by atoms with van der Waals surface area (Å²) in [6.45, 7) is 1.88. The number of rotatable bonds is 2. The Morgan fingerprint density at radius 3 is 2.62 bits per heavy atom. The third kappa shape index (κ3) is 3.10. The van der Waals surface area contributed by atoms with Crippen LogP contribution in [0.4, 0.5) is 18.9 Å². The highest BCUT2D eigenvalue weighted by atomic mass is 35.5. The lowest BCUT2D eigenvalue weighted by Crippen LogP contribution is -2.05. The van der Waals surface area contributed by atoms with E-state index in [-0.39, 0.29) is 16.6 Å². The van der Waals surface area contributed by atoms with Gasteiger partial charge >= 0.3 is 6.18 Å². The molecule has 3 nitrogen and oxygen atoms in total. The van der Waals surface area contributed by atoms with Crippen LogP contribution in [0, 0.1) is 6.92 Å². The third-order valence-corrected chi connectivity index (χ3v) is 3.81. The van der Waals surface area contributed by atoms with E-state index >= 15 is 0 Å². The number of fused-ring (bicyclic) bond motifs is 1. The van der Waals surface area contributed by atoms with Crippen molar-refractivity contribution in [2.45, 2.75) is 13.1 Å². The number of aromatic hydroxyl groups is 1. The fourth-order valence-corrected chi connectivity index (χ4v) is 2.60. The summed E-state index contributed by atoms with van der Waals surface area (Å²) in [4.78, 5) is 6.68. The SMILES string of the molecule is Cc1ccc2[nH]c(O)c(C=Nc3ccc(Cl)cc3C(F)(F)F)c2c1.